The highest BCUT2D eigenvalue weighted by atomic mass is 35.5. The first kappa shape index (κ1) is 25.5. The smallest absolute Gasteiger partial charge is 0.272 e. The van der Waals surface area contributed by atoms with E-state index in [1.165, 1.54) is 30.3 Å². The number of aliphatic hydroxyl groups is 1. The van der Waals surface area contributed by atoms with Gasteiger partial charge in [0.2, 0.25) is 0 Å². The summed E-state index contributed by atoms with van der Waals surface area (Å²) in [6.45, 7) is 1.33. The number of hydrogen-bond acceptors (Lipinski definition) is 6. The van der Waals surface area contributed by atoms with Gasteiger partial charge in [-0.2, -0.15) is 0 Å². The molecule has 7 nitrogen and oxygen atoms in total. The molecule has 1 aliphatic heterocycles. The fourth-order valence-electron chi connectivity index (χ4n) is 3.24. The number of aliphatic hydroxyl groups excluding tert-OH is 1. The lowest BCUT2D eigenvalue weighted by Gasteiger charge is -2.32. The number of hydrazine groups is 1. The Bertz CT molecular complexity index is 946. The van der Waals surface area contributed by atoms with Gasteiger partial charge in [0, 0.05) is 37.8 Å². The first-order valence-electron chi connectivity index (χ1n) is 10.4. The Balaban J connectivity index is 1.29. The monoisotopic (exact) mass is 503 g/mol. The summed E-state index contributed by atoms with van der Waals surface area (Å²) >= 11 is 11.2. The Labute approximate surface area is 200 Å². The van der Waals surface area contributed by atoms with Crippen LogP contribution in [0.2, 0.25) is 10.0 Å². The van der Waals surface area contributed by atoms with Crippen molar-refractivity contribution in [1.29, 1.82) is 0 Å². The molecule has 1 aliphatic rings. The number of halogens is 4. The molecule has 0 bridgehead atoms. The van der Waals surface area contributed by atoms with Crippen molar-refractivity contribution in [3.05, 3.63) is 58.1 Å². The van der Waals surface area contributed by atoms with Crippen molar-refractivity contribution in [1.82, 2.24) is 15.8 Å². The largest absolute Gasteiger partial charge is 0.491 e. The van der Waals surface area contributed by atoms with Gasteiger partial charge in [0.05, 0.1) is 10.0 Å². The Hall–Kier alpha value is -2.17. The van der Waals surface area contributed by atoms with Crippen LogP contribution < -0.4 is 20.2 Å². The maximum Gasteiger partial charge on any atom is 0.272 e. The number of benzene rings is 2. The minimum atomic E-state index is -0.767. The van der Waals surface area contributed by atoms with E-state index in [1.54, 1.807) is 5.01 Å². The van der Waals surface area contributed by atoms with Crippen LogP contribution in [0.1, 0.15) is 12.8 Å². The van der Waals surface area contributed by atoms with E-state index in [1.807, 2.05) is 0 Å². The molecule has 1 heterocycles. The van der Waals surface area contributed by atoms with Crippen LogP contribution in [0.3, 0.4) is 0 Å². The minimum Gasteiger partial charge on any atom is -0.491 e. The summed E-state index contributed by atoms with van der Waals surface area (Å²) in [6, 6.07) is 8.26. The zero-order valence-corrected chi connectivity index (χ0v) is 19.2. The lowest BCUT2D eigenvalue weighted by Crippen LogP contribution is -2.52. The van der Waals surface area contributed by atoms with E-state index in [-0.39, 0.29) is 41.0 Å². The molecule has 0 aliphatic carbocycles. The Morgan fingerprint density at radius 2 is 1.64 bits per heavy atom. The highest BCUT2D eigenvalue weighted by Gasteiger charge is 2.21. The van der Waals surface area contributed by atoms with E-state index in [9.17, 15) is 18.7 Å². The molecule has 33 heavy (non-hydrogen) atoms. The molecule has 1 saturated heterocycles. The molecule has 0 unspecified atom stereocenters. The summed E-state index contributed by atoms with van der Waals surface area (Å²) in [5.41, 5.74) is 2.76. The Morgan fingerprint density at radius 3 is 2.21 bits per heavy atom. The second-order valence-corrected chi connectivity index (χ2v) is 8.42. The number of rotatable bonds is 10. The fourth-order valence-corrected chi connectivity index (χ4v) is 3.48. The van der Waals surface area contributed by atoms with Gasteiger partial charge >= 0.3 is 0 Å². The molecule has 180 valence electrons. The molecule has 0 aromatic heterocycles. The maximum atomic E-state index is 13.4. The third-order valence-corrected chi connectivity index (χ3v) is 5.63. The molecule has 0 saturated carbocycles. The second kappa shape index (κ2) is 12.3. The van der Waals surface area contributed by atoms with E-state index in [0.29, 0.717) is 25.4 Å². The molecule has 2 aromatic carbocycles. The number of hydrogen-bond donors (Lipinski definition) is 3. The molecular formula is C22H25Cl2F2N3O4. The molecule has 0 spiro atoms. The average molecular weight is 504 g/mol. The van der Waals surface area contributed by atoms with Gasteiger partial charge in [-0.1, -0.05) is 23.2 Å². The lowest BCUT2D eigenvalue weighted by atomic mass is 10.1. The van der Waals surface area contributed by atoms with Gasteiger partial charge in [-0.25, -0.2) is 13.8 Å². The summed E-state index contributed by atoms with van der Waals surface area (Å²) in [5, 5.41) is 15.2. The molecule has 3 rings (SSSR count). The molecule has 1 fully saturated rings. The third-order valence-electron chi connectivity index (χ3n) is 5.01. The molecule has 3 N–H and O–H groups in total. The molecule has 1 amide bonds. The number of nitrogens with zero attached hydrogens (tertiary/aromatic N) is 1. The zero-order valence-electron chi connectivity index (χ0n) is 17.7. The van der Waals surface area contributed by atoms with Crippen molar-refractivity contribution in [3.8, 4) is 11.5 Å². The van der Waals surface area contributed by atoms with E-state index in [2.05, 4.69) is 10.7 Å². The third kappa shape index (κ3) is 8.28. The van der Waals surface area contributed by atoms with Crippen LogP contribution in [-0.4, -0.2) is 61.0 Å². The van der Waals surface area contributed by atoms with Crippen LogP contribution >= 0.6 is 23.2 Å². The topological polar surface area (TPSA) is 83.1 Å². The molecule has 0 radical (unpaired) electrons. The standard InChI is InChI=1S/C22H25Cl2F2N3O4/c23-18-3-1-16(9-20(18)25)32-12-15(30)11-27-14-5-7-29(8-6-14)28-22(31)13-33-17-2-4-19(24)21(26)10-17/h1-4,9-10,14-15,27,30H,5-8,11-13H2,(H,28,31)/t15-/m1/s1. The van der Waals surface area contributed by atoms with Gasteiger partial charge in [-0.3, -0.25) is 10.2 Å². The van der Waals surface area contributed by atoms with Crippen molar-refractivity contribution in [2.75, 3.05) is 32.8 Å². The van der Waals surface area contributed by atoms with Crippen molar-refractivity contribution in [2.24, 2.45) is 0 Å². The van der Waals surface area contributed by atoms with Crippen LogP contribution in [0.4, 0.5) is 8.78 Å². The SMILES string of the molecule is O=C(COc1ccc(Cl)c(F)c1)NN1CCC(NC[C@@H](O)COc2ccc(Cl)c(F)c2)CC1. The van der Waals surface area contributed by atoms with Crippen LogP contribution in [-0.2, 0) is 4.79 Å². The van der Waals surface area contributed by atoms with Gasteiger partial charge < -0.3 is 19.9 Å². The van der Waals surface area contributed by atoms with Crippen molar-refractivity contribution in [3.63, 3.8) is 0 Å². The highest BCUT2D eigenvalue weighted by molar-refractivity contribution is 6.31. The maximum absolute atomic E-state index is 13.4. The van der Waals surface area contributed by atoms with Crippen molar-refractivity contribution in [2.45, 2.75) is 25.0 Å². The van der Waals surface area contributed by atoms with Crippen LogP contribution in [0.5, 0.6) is 11.5 Å². The zero-order chi connectivity index (χ0) is 23.8. The summed E-state index contributed by atoms with van der Waals surface area (Å²) in [7, 11) is 0. The predicted octanol–water partition coefficient (Wildman–Crippen LogP) is 3.18. The predicted molar refractivity (Wildman–Crippen MR) is 121 cm³/mol. The lowest BCUT2D eigenvalue weighted by molar-refractivity contribution is -0.128. The fraction of sp³-hybridized carbons (Fsp3) is 0.409. The van der Waals surface area contributed by atoms with E-state index >= 15 is 0 Å². The van der Waals surface area contributed by atoms with Crippen molar-refractivity contribution < 1.29 is 28.2 Å². The van der Waals surface area contributed by atoms with Gasteiger partial charge in [-0.15, -0.1) is 0 Å². The van der Waals surface area contributed by atoms with Crippen molar-refractivity contribution >= 4 is 29.1 Å². The summed E-state index contributed by atoms with van der Waals surface area (Å²) in [4.78, 5) is 12.1. The number of amides is 1. The molecule has 11 heteroatoms. The highest BCUT2D eigenvalue weighted by Crippen LogP contribution is 2.21. The first-order chi connectivity index (χ1) is 15.8. The normalized spacial score (nSPS) is 15.8. The second-order valence-electron chi connectivity index (χ2n) is 7.61. The number of ether oxygens (including phenoxy) is 2. The summed E-state index contributed by atoms with van der Waals surface area (Å²) in [5.74, 6) is -1.02. The summed E-state index contributed by atoms with van der Waals surface area (Å²) < 4.78 is 37.5. The van der Waals surface area contributed by atoms with E-state index in [0.717, 1.165) is 18.9 Å². The van der Waals surface area contributed by atoms with E-state index < -0.39 is 17.7 Å². The van der Waals surface area contributed by atoms with Gasteiger partial charge in [0.1, 0.15) is 35.8 Å². The summed E-state index contributed by atoms with van der Waals surface area (Å²) in [6.07, 6.45) is 0.760. The number of carbonyl (C=O) groups is 1. The number of nitrogens with one attached hydrogen (secondary N) is 2. The van der Waals surface area contributed by atoms with Gasteiger partial charge in [0.15, 0.2) is 6.61 Å². The van der Waals surface area contributed by atoms with Gasteiger partial charge in [0.25, 0.3) is 5.91 Å². The quantitative estimate of drug-likeness (QED) is 0.461. The van der Waals surface area contributed by atoms with Crippen LogP contribution in [0, 0.1) is 11.6 Å². The Morgan fingerprint density at radius 1 is 1.06 bits per heavy atom. The van der Waals surface area contributed by atoms with Crippen LogP contribution in [0.25, 0.3) is 0 Å². The minimum absolute atomic E-state index is 0.0107. The van der Waals surface area contributed by atoms with Crippen LogP contribution in [0.15, 0.2) is 36.4 Å². The molecule has 1 atom stereocenters. The van der Waals surface area contributed by atoms with Gasteiger partial charge in [-0.05, 0) is 37.1 Å². The molecule has 2 aromatic rings. The molecular weight excluding hydrogens is 479 g/mol. The van der Waals surface area contributed by atoms with E-state index in [4.69, 9.17) is 32.7 Å². The first-order valence-corrected chi connectivity index (χ1v) is 11.2. The number of carbonyl (C=O) groups excluding carboxylic acids is 1. The average Bonchev–Trinajstić information content (AvgIpc) is 2.80. The Kier molecular flexibility index (Phi) is 9.52. The number of piperidine rings is 1.